The molecule has 0 unspecified atom stereocenters. The van der Waals surface area contributed by atoms with E-state index < -0.39 is 11.9 Å². The topological polar surface area (TPSA) is 54.0 Å². The fourth-order valence-electron chi connectivity index (χ4n) is 2.22. The minimum Gasteiger partial charge on any atom is -0.278 e. The number of nitrogens with zero attached hydrogens (tertiary/aromatic N) is 4. The predicted octanol–water partition coefficient (Wildman–Crippen LogP) is 3.60. The van der Waals surface area contributed by atoms with Gasteiger partial charge in [-0.1, -0.05) is 23.8 Å². The van der Waals surface area contributed by atoms with Crippen molar-refractivity contribution in [3.63, 3.8) is 0 Å². The Hall–Kier alpha value is -2.88. The second-order valence-corrected chi connectivity index (χ2v) is 4.79. The van der Waals surface area contributed by atoms with Crippen molar-refractivity contribution in [1.29, 1.82) is 5.26 Å². The number of alkyl halides is 3. The lowest BCUT2D eigenvalue weighted by atomic mass is 10.1. The van der Waals surface area contributed by atoms with E-state index in [-0.39, 0.29) is 17.0 Å². The van der Waals surface area contributed by atoms with Gasteiger partial charge in [-0.2, -0.15) is 18.4 Å². The van der Waals surface area contributed by atoms with Crippen molar-refractivity contribution < 1.29 is 13.2 Å². The summed E-state index contributed by atoms with van der Waals surface area (Å²) in [4.78, 5) is 7.85. The molecule has 1 aromatic carbocycles. The summed E-state index contributed by atoms with van der Waals surface area (Å²) in [7, 11) is 0. The minimum absolute atomic E-state index is 0.103. The van der Waals surface area contributed by atoms with Gasteiger partial charge in [0.2, 0.25) is 0 Å². The summed E-state index contributed by atoms with van der Waals surface area (Å²) in [6.07, 6.45) is -3.61. The van der Waals surface area contributed by atoms with Crippen LogP contribution in [0.2, 0.25) is 0 Å². The maximum atomic E-state index is 13.2. The number of nitriles is 1. The summed E-state index contributed by atoms with van der Waals surface area (Å²) in [6, 6.07) is 9.71. The Morgan fingerprint density at radius 1 is 1.23 bits per heavy atom. The monoisotopic (exact) mass is 302 g/mol. The van der Waals surface area contributed by atoms with Crippen LogP contribution in [-0.2, 0) is 6.18 Å². The highest BCUT2D eigenvalue weighted by atomic mass is 19.4. The zero-order chi connectivity index (χ0) is 15.9. The van der Waals surface area contributed by atoms with Crippen LogP contribution in [0.25, 0.3) is 16.9 Å². The molecule has 0 aliphatic carbocycles. The summed E-state index contributed by atoms with van der Waals surface area (Å²) in [5.74, 6) is 0. The van der Waals surface area contributed by atoms with Gasteiger partial charge in [0.15, 0.2) is 11.3 Å². The molecule has 0 aliphatic heterocycles. The third-order valence-corrected chi connectivity index (χ3v) is 3.21. The average Bonchev–Trinajstić information content (AvgIpc) is 2.88. The highest BCUT2D eigenvalue weighted by Crippen LogP contribution is 2.32. The maximum Gasteiger partial charge on any atom is 0.431 e. The third-order valence-electron chi connectivity index (χ3n) is 3.21. The lowest BCUT2D eigenvalue weighted by Crippen LogP contribution is -2.12. The van der Waals surface area contributed by atoms with E-state index in [0.29, 0.717) is 5.56 Å². The van der Waals surface area contributed by atoms with Gasteiger partial charge in [0.05, 0.1) is 5.69 Å². The lowest BCUT2D eigenvalue weighted by Gasteiger charge is -2.11. The fraction of sp³-hybridized carbons (Fsp3) is 0.133. The molecule has 2 aromatic heterocycles. The molecule has 0 radical (unpaired) electrons. The van der Waals surface area contributed by atoms with Crippen LogP contribution in [0, 0.1) is 18.3 Å². The number of aromatic nitrogens is 3. The van der Waals surface area contributed by atoms with Crippen LogP contribution in [-0.4, -0.2) is 14.4 Å². The standard InChI is InChI=1S/C15H9F3N4/c1-9-3-2-4-10(5-9)11-6-13(15(16,17)18)22-8-20-12(7-19)14(22)21-11/h2-6,8H,1H3. The van der Waals surface area contributed by atoms with E-state index >= 15 is 0 Å². The molecule has 0 bridgehead atoms. The van der Waals surface area contributed by atoms with E-state index in [4.69, 9.17) is 5.26 Å². The number of aryl methyl sites for hydroxylation is 1. The van der Waals surface area contributed by atoms with Crippen LogP contribution >= 0.6 is 0 Å². The van der Waals surface area contributed by atoms with Crippen molar-refractivity contribution in [2.75, 3.05) is 0 Å². The van der Waals surface area contributed by atoms with Gasteiger partial charge in [0.1, 0.15) is 18.1 Å². The first kappa shape index (κ1) is 14.1. The number of rotatable bonds is 1. The SMILES string of the molecule is Cc1cccc(-c2cc(C(F)(F)F)n3cnc(C#N)c3n2)c1. The van der Waals surface area contributed by atoms with E-state index in [1.165, 1.54) is 0 Å². The molecule has 0 saturated heterocycles. The lowest BCUT2D eigenvalue weighted by molar-refractivity contribution is -0.142. The highest BCUT2D eigenvalue weighted by Gasteiger charge is 2.35. The highest BCUT2D eigenvalue weighted by molar-refractivity contribution is 5.65. The molecule has 0 saturated carbocycles. The van der Waals surface area contributed by atoms with Crippen molar-refractivity contribution in [1.82, 2.24) is 14.4 Å². The summed E-state index contributed by atoms with van der Waals surface area (Å²) < 4.78 is 40.5. The van der Waals surface area contributed by atoms with Gasteiger partial charge in [-0.05, 0) is 19.1 Å². The molecule has 3 aromatic rings. The zero-order valence-corrected chi connectivity index (χ0v) is 11.4. The molecule has 22 heavy (non-hydrogen) atoms. The summed E-state index contributed by atoms with van der Waals surface area (Å²) in [6.45, 7) is 1.84. The van der Waals surface area contributed by atoms with E-state index in [1.807, 2.05) is 13.0 Å². The van der Waals surface area contributed by atoms with E-state index in [1.54, 1.807) is 24.3 Å². The number of hydrogen-bond donors (Lipinski definition) is 0. The number of benzene rings is 1. The van der Waals surface area contributed by atoms with Gasteiger partial charge in [0, 0.05) is 5.56 Å². The van der Waals surface area contributed by atoms with Gasteiger partial charge in [-0.25, -0.2) is 9.97 Å². The molecule has 0 N–H and O–H groups in total. The average molecular weight is 302 g/mol. The van der Waals surface area contributed by atoms with Crippen LogP contribution in [0.1, 0.15) is 17.0 Å². The molecule has 7 heteroatoms. The van der Waals surface area contributed by atoms with Crippen LogP contribution in [0.15, 0.2) is 36.7 Å². The summed E-state index contributed by atoms with van der Waals surface area (Å²) in [5.41, 5.74) is 0.456. The second kappa shape index (κ2) is 4.84. The van der Waals surface area contributed by atoms with Gasteiger partial charge >= 0.3 is 6.18 Å². The molecule has 4 nitrogen and oxygen atoms in total. The Morgan fingerprint density at radius 2 is 2.00 bits per heavy atom. The van der Waals surface area contributed by atoms with Gasteiger partial charge in [-0.3, -0.25) is 4.40 Å². The quantitative estimate of drug-likeness (QED) is 0.690. The molecule has 110 valence electrons. The van der Waals surface area contributed by atoms with E-state index in [0.717, 1.165) is 22.4 Å². The van der Waals surface area contributed by atoms with Crippen molar-refractivity contribution in [3.8, 4) is 17.3 Å². The smallest absolute Gasteiger partial charge is 0.278 e. The second-order valence-electron chi connectivity index (χ2n) is 4.79. The van der Waals surface area contributed by atoms with Crippen molar-refractivity contribution >= 4 is 5.65 Å². The van der Waals surface area contributed by atoms with E-state index in [9.17, 15) is 13.2 Å². The predicted molar refractivity (Wildman–Crippen MR) is 72.9 cm³/mol. The maximum absolute atomic E-state index is 13.2. The van der Waals surface area contributed by atoms with Crippen LogP contribution in [0.3, 0.4) is 0 Å². The van der Waals surface area contributed by atoms with Gasteiger partial charge in [0.25, 0.3) is 0 Å². The first-order valence-corrected chi connectivity index (χ1v) is 6.32. The van der Waals surface area contributed by atoms with Crippen LogP contribution < -0.4 is 0 Å². The van der Waals surface area contributed by atoms with Crippen LogP contribution in [0.5, 0.6) is 0 Å². The van der Waals surface area contributed by atoms with Crippen molar-refractivity contribution in [2.45, 2.75) is 13.1 Å². The molecule has 0 aliphatic rings. The van der Waals surface area contributed by atoms with Crippen molar-refractivity contribution in [2.24, 2.45) is 0 Å². The molecule has 0 amide bonds. The van der Waals surface area contributed by atoms with Crippen LogP contribution in [0.4, 0.5) is 13.2 Å². The molecule has 0 fully saturated rings. The molecule has 0 atom stereocenters. The van der Waals surface area contributed by atoms with Gasteiger partial charge < -0.3 is 0 Å². The zero-order valence-electron chi connectivity index (χ0n) is 11.4. The largest absolute Gasteiger partial charge is 0.431 e. The number of halogens is 3. The Balaban J connectivity index is 2.35. The van der Waals surface area contributed by atoms with Gasteiger partial charge in [-0.15, -0.1) is 0 Å². The van der Waals surface area contributed by atoms with E-state index in [2.05, 4.69) is 9.97 Å². The first-order chi connectivity index (χ1) is 10.4. The number of imidazole rings is 1. The number of fused-ring (bicyclic) bond motifs is 1. The fourth-order valence-corrected chi connectivity index (χ4v) is 2.22. The molecule has 2 heterocycles. The molecule has 3 rings (SSSR count). The first-order valence-electron chi connectivity index (χ1n) is 6.32. The summed E-state index contributed by atoms with van der Waals surface area (Å²) in [5, 5.41) is 8.98. The number of hydrogen-bond acceptors (Lipinski definition) is 3. The summed E-state index contributed by atoms with van der Waals surface area (Å²) >= 11 is 0. The Labute approximate surface area is 123 Å². The normalized spacial score (nSPS) is 11.6. The Morgan fingerprint density at radius 3 is 2.64 bits per heavy atom. The minimum atomic E-state index is -4.58. The third kappa shape index (κ3) is 2.29. The van der Waals surface area contributed by atoms with Crippen molar-refractivity contribution in [3.05, 3.63) is 53.6 Å². The molecular weight excluding hydrogens is 293 g/mol. The Kier molecular flexibility index (Phi) is 3.10. The Bertz CT molecular complexity index is 903. The molecule has 0 spiro atoms. The molecular formula is C15H9F3N4.